The predicted molar refractivity (Wildman–Crippen MR) is 110 cm³/mol. The summed E-state index contributed by atoms with van der Waals surface area (Å²) in [7, 11) is 0. The zero-order valence-electron chi connectivity index (χ0n) is 16.5. The molecule has 4 rings (SSSR count). The Morgan fingerprint density at radius 3 is 2.62 bits per heavy atom. The van der Waals surface area contributed by atoms with Gasteiger partial charge in [0.25, 0.3) is 0 Å². The first-order chi connectivity index (χ1) is 13.9. The van der Waals surface area contributed by atoms with Crippen LogP contribution >= 0.6 is 0 Å². The molecule has 0 unspecified atom stereocenters. The number of nitrogens with one attached hydrogen (secondary N) is 1. The van der Waals surface area contributed by atoms with Crippen LogP contribution in [0.2, 0.25) is 0 Å². The Morgan fingerprint density at radius 2 is 1.97 bits per heavy atom. The largest absolute Gasteiger partial charge is 0.389 e. The van der Waals surface area contributed by atoms with E-state index in [1.807, 2.05) is 47.5 Å². The Bertz CT molecular complexity index is 972. The minimum atomic E-state index is -0.818. The van der Waals surface area contributed by atoms with Gasteiger partial charge in [0.15, 0.2) is 5.82 Å². The number of carbonyl (C=O) groups is 1. The van der Waals surface area contributed by atoms with Crippen molar-refractivity contribution in [2.45, 2.75) is 26.0 Å². The summed E-state index contributed by atoms with van der Waals surface area (Å²) in [6.45, 7) is 5.21. The highest BCUT2D eigenvalue weighted by Gasteiger charge is 2.33. The Morgan fingerprint density at radius 1 is 1.21 bits per heavy atom. The van der Waals surface area contributed by atoms with Crippen LogP contribution in [0.3, 0.4) is 0 Å². The number of aromatic nitrogens is 4. The van der Waals surface area contributed by atoms with Gasteiger partial charge in [-0.15, -0.1) is 5.10 Å². The highest BCUT2D eigenvalue weighted by molar-refractivity contribution is 5.94. The van der Waals surface area contributed by atoms with Gasteiger partial charge >= 0.3 is 0 Å². The number of anilines is 2. The zero-order valence-corrected chi connectivity index (χ0v) is 16.5. The lowest BCUT2D eigenvalue weighted by molar-refractivity contribution is -0.120. The van der Waals surface area contributed by atoms with Crippen molar-refractivity contribution in [3.63, 3.8) is 0 Å². The minimum absolute atomic E-state index is 0.0101. The Kier molecular flexibility index (Phi) is 5.02. The highest BCUT2D eigenvalue weighted by Crippen LogP contribution is 2.25. The van der Waals surface area contributed by atoms with E-state index in [4.69, 9.17) is 0 Å². The van der Waals surface area contributed by atoms with E-state index in [1.165, 1.54) is 0 Å². The van der Waals surface area contributed by atoms with Gasteiger partial charge in [-0.25, -0.2) is 0 Å². The van der Waals surface area contributed by atoms with E-state index in [-0.39, 0.29) is 11.8 Å². The molecule has 0 radical (unpaired) electrons. The van der Waals surface area contributed by atoms with Crippen LogP contribution in [-0.2, 0) is 11.3 Å². The minimum Gasteiger partial charge on any atom is -0.389 e. The maximum absolute atomic E-state index is 12.5. The van der Waals surface area contributed by atoms with Crippen molar-refractivity contribution in [3.05, 3.63) is 55.0 Å². The molecule has 1 aliphatic rings. The van der Waals surface area contributed by atoms with E-state index in [2.05, 4.69) is 20.6 Å². The summed E-state index contributed by atoms with van der Waals surface area (Å²) in [5.74, 6) is 0.749. The summed E-state index contributed by atoms with van der Waals surface area (Å²) in [6.07, 6.45) is 5.31. The second-order valence-electron chi connectivity index (χ2n) is 7.99. The summed E-state index contributed by atoms with van der Waals surface area (Å²) in [4.78, 5) is 14.5. The van der Waals surface area contributed by atoms with Gasteiger partial charge in [0.05, 0.1) is 24.3 Å². The third-order valence-corrected chi connectivity index (χ3v) is 4.80. The third kappa shape index (κ3) is 4.60. The maximum atomic E-state index is 12.5. The molecule has 1 saturated heterocycles. The van der Waals surface area contributed by atoms with Gasteiger partial charge in [-0.3, -0.25) is 9.48 Å². The van der Waals surface area contributed by atoms with Gasteiger partial charge < -0.3 is 15.3 Å². The number of benzene rings is 1. The molecule has 1 aromatic carbocycles. The fraction of sp³-hybridized carbons (Fsp3) is 0.333. The molecule has 0 bridgehead atoms. The van der Waals surface area contributed by atoms with Crippen LogP contribution in [0.25, 0.3) is 11.1 Å². The number of nitrogens with zero attached hydrogens (tertiary/aromatic N) is 5. The van der Waals surface area contributed by atoms with Gasteiger partial charge in [0.1, 0.15) is 0 Å². The molecule has 0 atom stereocenters. The van der Waals surface area contributed by atoms with Gasteiger partial charge in [0.2, 0.25) is 5.91 Å². The monoisotopic (exact) mass is 392 g/mol. The topological polar surface area (TPSA) is 96.2 Å². The van der Waals surface area contributed by atoms with Crippen LogP contribution < -0.4 is 10.2 Å². The summed E-state index contributed by atoms with van der Waals surface area (Å²) >= 11 is 0. The summed E-state index contributed by atoms with van der Waals surface area (Å²) in [6, 6.07) is 11.4. The third-order valence-electron chi connectivity index (χ3n) is 4.80. The van der Waals surface area contributed by atoms with Crippen LogP contribution in [0.15, 0.2) is 55.0 Å². The first kappa shape index (κ1) is 19.1. The summed E-state index contributed by atoms with van der Waals surface area (Å²) in [5.41, 5.74) is 1.91. The zero-order chi connectivity index (χ0) is 20.4. The molecule has 8 heteroatoms. The average Bonchev–Trinajstić information content (AvgIpc) is 3.08. The van der Waals surface area contributed by atoms with Gasteiger partial charge in [-0.1, -0.05) is 12.1 Å². The Labute approximate surface area is 169 Å². The number of amides is 1. The van der Waals surface area contributed by atoms with Gasteiger partial charge in [-0.05, 0) is 43.7 Å². The van der Waals surface area contributed by atoms with E-state index < -0.39 is 5.60 Å². The summed E-state index contributed by atoms with van der Waals surface area (Å²) < 4.78 is 1.73. The van der Waals surface area contributed by atoms with Crippen molar-refractivity contribution in [1.82, 2.24) is 20.0 Å². The normalized spacial score (nSPS) is 14.5. The molecule has 29 heavy (non-hydrogen) atoms. The van der Waals surface area contributed by atoms with Crippen LogP contribution in [0.4, 0.5) is 11.5 Å². The molecular formula is C21H24N6O2. The molecule has 0 aliphatic carbocycles. The van der Waals surface area contributed by atoms with Gasteiger partial charge in [-0.2, -0.15) is 10.2 Å². The van der Waals surface area contributed by atoms with E-state index >= 15 is 0 Å². The lowest BCUT2D eigenvalue weighted by Crippen LogP contribution is -2.52. The van der Waals surface area contributed by atoms with Crippen molar-refractivity contribution in [2.24, 2.45) is 5.92 Å². The SMILES string of the molecule is CC(C)(O)Cn1cc(-c2ccc(NC(=O)C3CN(c4cccnn4)C3)cc2)cn1. The predicted octanol–water partition coefficient (Wildman–Crippen LogP) is 2.19. The molecule has 2 N–H and O–H groups in total. The van der Waals surface area contributed by atoms with Crippen LogP contribution in [-0.4, -0.2) is 49.7 Å². The number of hydrogen-bond acceptors (Lipinski definition) is 6. The number of rotatable bonds is 6. The van der Waals surface area contributed by atoms with Crippen molar-refractivity contribution in [1.29, 1.82) is 0 Å². The molecule has 1 fully saturated rings. The standard InChI is InChI=1S/C21H24N6O2/c1-21(2,29)14-27-13-16(10-23-27)15-5-7-18(8-6-15)24-20(28)17-11-26(12-17)19-4-3-9-22-25-19/h3-10,13,17,29H,11-12,14H2,1-2H3,(H,24,28). The second kappa shape index (κ2) is 7.63. The number of aliphatic hydroxyl groups is 1. The molecule has 1 aliphatic heterocycles. The molecule has 0 saturated carbocycles. The van der Waals surface area contributed by atoms with Crippen LogP contribution in [0, 0.1) is 5.92 Å². The molecule has 0 spiro atoms. The van der Waals surface area contributed by atoms with E-state index in [0.29, 0.717) is 19.6 Å². The first-order valence-electron chi connectivity index (χ1n) is 9.56. The maximum Gasteiger partial charge on any atom is 0.231 e. The lowest BCUT2D eigenvalue weighted by atomic mass is 9.99. The van der Waals surface area contributed by atoms with E-state index in [9.17, 15) is 9.90 Å². The summed E-state index contributed by atoms with van der Waals surface area (Å²) in [5, 5.41) is 25.1. The molecule has 8 nitrogen and oxygen atoms in total. The fourth-order valence-corrected chi connectivity index (χ4v) is 3.28. The van der Waals surface area contributed by atoms with Gasteiger partial charge in [0, 0.05) is 36.7 Å². The van der Waals surface area contributed by atoms with Crippen molar-refractivity contribution in [3.8, 4) is 11.1 Å². The Balaban J connectivity index is 1.32. The quantitative estimate of drug-likeness (QED) is 0.668. The molecule has 1 amide bonds. The second-order valence-corrected chi connectivity index (χ2v) is 7.99. The molecule has 2 aromatic heterocycles. The number of carbonyl (C=O) groups excluding carboxylic acids is 1. The van der Waals surface area contributed by atoms with Crippen LogP contribution in [0.5, 0.6) is 0 Å². The molecule has 3 heterocycles. The molecule has 3 aromatic rings. The highest BCUT2D eigenvalue weighted by atomic mass is 16.3. The average molecular weight is 392 g/mol. The Hall–Kier alpha value is -3.26. The lowest BCUT2D eigenvalue weighted by Gasteiger charge is -2.38. The van der Waals surface area contributed by atoms with E-state index in [1.54, 1.807) is 30.9 Å². The smallest absolute Gasteiger partial charge is 0.231 e. The number of hydrogen-bond donors (Lipinski definition) is 2. The molecular weight excluding hydrogens is 368 g/mol. The van der Waals surface area contributed by atoms with Crippen molar-refractivity contribution < 1.29 is 9.90 Å². The first-order valence-corrected chi connectivity index (χ1v) is 9.56. The fourth-order valence-electron chi connectivity index (χ4n) is 3.28. The van der Waals surface area contributed by atoms with E-state index in [0.717, 1.165) is 22.6 Å². The molecule has 150 valence electrons. The van der Waals surface area contributed by atoms with Crippen molar-refractivity contribution in [2.75, 3.05) is 23.3 Å². The van der Waals surface area contributed by atoms with Crippen molar-refractivity contribution >= 4 is 17.4 Å². The van der Waals surface area contributed by atoms with Crippen LogP contribution in [0.1, 0.15) is 13.8 Å².